The van der Waals surface area contributed by atoms with E-state index in [1.165, 1.54) is 26.5 Å². The van der Waals surface area contributed by atoms with Gasteiger partial charge in [0.2, 0.25) is 0 Å². The van der Waals surface area contributed by atoms with Gasteiger partial charge >= 0.3 is 0 Å². The minimum Gasteiger partial charge on any atom is -0.141 e. The SMILES string of the molecule is CC1=C(C2C=Cc3c(C)ccc(C)c32)C2=c3cc(C)sc3=C([Si](C)C)C2S1. The van der Waals surface area contributed by atoms with E-state index in [-0.39, 0.29) is 0 Å². The van der Waals surface area contributed by atoms with Gasteiger partial charge in [0.1, 0.15) is 0 Å². The van der Waals surface area contributed by atoms with Crippen LogP contribution in [0.3, 0.4) is 0 Å². The summed E-state index contributed by atoms with van der Waals surface area (Å²) in [5, 5.41) is 3.88. The van der Waals surface area contributed by atoms with Gasteiger partial charge < -0.3 is 0 Å². The van der Waals surface area contributed by atoms with E-state index < -0.39 is 8.80 Å². The van der Waals surface area contributed by atoms with Crippen molar-refractivity contribution in [2.45, 2.75) is 52.0 Å². The smallest absolute Gasteiger partial charge is 0.0775 e. The number of benzene rings is 1. The normalized spacial score (nSPS) is 22.9. The molecule has 3 heteroatoms. The molecule has 1 aliphatic heterocycles. The van der Waals surface area contributed by atoms with E-state index >= 15 is 0 Å². The van der Waals surface area contributed by atoms with Crippen LogP contribution < -0.4 is 9.75 Å². The monoisotopic (exact) mass is 405 g/mol. The first kappa shape index (κ1) is 17.8. The Morgan fingerprint density at radius 1 is 0.963 bits per heavy atom. The van der Waals surface area contributed by atoms with Crippen LogP contribution in [0.1, 0.15) is 40.0 Å². The summed E-state index contributed by atoms with van der Waals surface area (Å²) in [6, 6.07) is 7.04. The minimum absolute atomic E-state index is 0.421. The van der Waals surface area contributed by atoms with Crippen molar-refractivity contribution in [1.29, 1.82) is 0 Å². The summed E-state index contributed by atoms with van der Waals surface area (Å²) in [5.74, 6) is 0.421. The maximum atomic E-state index is 2.47. The second-order valence-corrected chi connectivity index (χ2v) is 13.4. The Kier molecular flexibility index (Phi) is 4.02. The molecule has 5 rings (SSSR count). The molecule has 2 aliphatic carbocycles. The van der Waals surface area contributed by atoms with Crippen LogP contribution in [0, 0.1) is 20.8 Å². The van der Waals surface area contributed by atoms with Crippen molar-refractivity contribution in [3.8, 4) is 0 Å². The largest absolute Gasteiger partial charge is 0.141 e. The molecule has 1 aromatic carbocycles. The van der Waals surface area contributed by atoms with Crippen LogP contribution in [0.5, 0.6) is 0 Å². The molecule has 3 aliphatic rings. The molecule has 1 aromatic heterocycles. The van der Waals surface area contributed by atoms with Gasteiger partial charge in [-0.1, -0.05) is 37.4 Å². The average Bonchev–Trinajstić information content (AvgIpc) is 3.31. The lowest BCUT2D eigenvalue weighted by atomic mass is 9.84. The van der Waals surface area contributed by atoms with Crippen LogP contribution in [0.15, 0.2) is 34.8 Å². The molecule has 0 amide bonds. The molecule has 1 radical (unpaired) electrons. The van der Waals surface area contributed by atoms with Crippen LogP contribution in [-0.2, 0) is 0 Å². The molecule has 137 valence electrons. The van der Waals surface area contributed by atoms with Crippen LogP contribution in [0.25, 0.3) is 16.8 Å². The summed E-state index contributed by atoms with van der Waals surface area (Å²) in [6.45, 7) is 14.1. The second kappa shape index (κ2) is 6.10. The molecule has 0 saturated heterocycles. The van der Waals surface area contributed by atoms with Gasteiger partial charge in [0.05, 0.1) is 14.0 Å². The molecular formula is C24H25S2Si. The van der Waals surface area contributed by atoms with E-state index in [9.17, 15) is 0 Å². The van der Waals surface area contributed by atoms with Gasteiger partial charge in [-0.05, 0) is 82.5 Å². The highest BCUT2D eigenvalue weighted by Crippen LogP contribution is 2.54. The summed E-state index contributed by atoms with van der Waals surface area (Å²) >= 11 is 4.14. The zero-order chi connectivity index (χ0) is 19.0. The Hall–Kier alpha value is -1.29. The third-order valence-electron chi connectivity index (χ3n) is 6.22. The van der Waals surface area contributed by atoms with Crippen molar-refractivity contribution >= 4 is 48.7 Å². The Labute approximate surface area is 172 Å². The van der Waals surface area contributed by atoms with Gasteiger partial charge in [-0.2, -0.15) is 0 Å². The van der Waals surface area contributed by atoms with E-state index in [0.29, 0.717) is 11.2 Å². The summed E-state index contributed by atoms with van der Waals surface area (Å²) in [4.78, 5) is 2.99. The van der Waals surface area contributed by atoms with Gasteiger partial charge in [0.25, 0.3) is 0 Å². The fourth-order valence-corrected chi connectivity index (χ4v) is 10.4. The van der Waals surface area contributed by atoms with Gasteiger partial charge in [-0.15, -0.1) is 23.1 Å². The van der Waals surface area contributed by atoms with E-state index in [0.717, 1.165) is 0 Å². The number of fused-ring (bicyclic) bond motifs is 3. The highest BCUT2D eigenvalue weighted by molar-refractivity contribution is 8.05. The highest BCUT2D eigenvalue weighted by atomic mass is 32.2. The fourth-order valence-electron chi connectivity index (χ4n) is 5.05. The molecular weight excluding hydrogens is 380 g/mol. The maximum Gasteiger partial charge on any atom is 0.0775 e. The maximum absolute atomic E-state index is 2.47. The van der Waals surface area contributed by atoms with Crippen LogP contribution in [-0.4, -0.2) is 14.0 Å². The molecule has 2 unspecified atom stereocenters. The third kappa shape index (κ3) is 2.41. The lowest BCUT2D eigenvalue weighted by Gasteiger charge is -2.20. The lowest BCUT2D eigenvalue weighted by Crippen LogP contribution is -2.22. The molecule has 0 spiro atoms. The number of rotatable bonds is 2. The van der Waals surface area contributed by atoms with Crippen molar-refractivity contribution in [3.63, 3.8) is 0 Å². The molecule has 0 nitrogen and oxygen atoms in total. The Bertz CT molecular complexity index is 1170. The first-order valence-corrected chi connectivity index (χ1v) is 13.9. The van der Waals surface area contributed by atoms with E-state index in [2.05, 4.69) is 82.9 Å². The molecule has 2 atom stereocenters. The fraction of sp³-hybridized carbons (Fsp3) is 0.333. The molecule has 0 fully saturated rings. The number of thiophene rings is 1. The van der Waals surface area contributed by atoms with E-state index in [1.807, 2.05) is 11.3 Å². The summed E-state index contributed by atoms with van der Waals surface area (Å²) < 4.78 is 1.60. The van der Waals surface area contributed by atoms with Gasteiger partial charge in [-0.3, -0.25) is 0 Å². The molecule has 0 N–H and O–H groups in total. The van der Waals surface area contributed by atoms with Crippen LogP contribution in [0.2, 0.25) is 13.1 Å². The number of thioether (sulfide) groups is 1. The van der Waals surface area contributed by atoms with E-state index in [4.69, 9.17) is 0 Å². The quantitative estimate of drug-likeness (QED) is 0.596. The topological polar surface area (TPSA) is 0 Å². The summed E-state index contributed by atoms with van der Waals surface area (Å²) in [5.41, 5.74) is 9.07. The Morgan fingerprint density at radius 3 is 2.44 bits per heavy atom. The average molecular weight is 406 g/mol. The van der Waals surface area contributed by atoms with Gasteiger partial charge in [0, 0.05) is 15.3 Å². The second-order valence-electron chi connectivity index (χ2n) is 8.26. The summed E-state index contributed by atoms with van der Waals surface area (Å²) in [6.07, 6.45) is 4.83. The lowest BCUT2D eigenvalue weighted by molar-refractivity contribution is 1.02. The Morgan fingerprint density at radius 2 is 1.70 bits per heavy atom. The molecule has 2 heterocycles. The number of hydrogen-bond acceptors (Lipinski definition) is 2. The van der Waals surface area contributed by atoms with Crippen molar-refractivity contribution in [2.24, 2.45) is 0 Å². The predicted molar refractivity (Wildman–Crippen MR) is 124 cm³/mol. The minimum atomic E-state index is -0.467. The van der Waals surface area contributed by atoms with Gasteiger partial charge in [0.15, 0.2) is 0 Å². The number of allylic oxidation sites excluding steroid dienone is 3. The summed E-state index contributed by atoms with van der Waals surface area (Å²) in [7, 11) is -0.467. The third-order valence-corrected chi connectivity index (χ3v) is 10.6. The van der Waals surface area contributed by atoms with Crippen molar-refractivity contribution in [3.05, 3.63) is 71.6 Å². The molecule has 0 saturated carbocycles. The van der Waals surface area contributed by atoms with Crippen LogP contribution >= 0.6 is 23.1 Å². The predicted octanol–water partition coefficient (Wildman–Crippen LogP) is 5.48. The van der Waals surface area contributed by atoms with E-state index in [1.54, 1.807) is 31.7 Å². The number of hydrogen-bond donors (Lipinski definition) is 0. The first-order chi connectivity index (χ1) is 12.9. The molecule has 27 heavy (non-hydrogen) atoms. The zero-order valence-electron chi connectivity index (χ0n) is 16.9. The number of aryl methyl sites for hydroxylation is 3. The van der Waals surface area contributed by atoms with Crippen molar-refractivity contribution in [1.82, 2.24) is 0 Å². The van der Waals surface area contributed by atoms with Crippen LogP contribution in [0.4, 0.5) is 0 Å². The first-order valence-electron chi connectivity index (χ1n) is 9.70. The Balaban J connectivity index is 1.76. The standard InChI is InChI=1S/C24H25S2Si/c1-12-7-8-13(2)19-16(12)9-10-17(19)20-15(4)26-23-21(20)18-11-14(3)25-22(18)24(23)27(5)6/h7-11,17,23H,1-6H3. The van der Waals surface area contributed by atoms with Crippen molar-refractivity contribution < 1.29 is 0 Å². The highest BCUT2D eigenvalue weighted by Gasteiger charge is 2.41. The molecule has 0 bridgehead atoms. The molecule has 2 aromatic rings. The zero-order valence-corrected chi connectivity index (χ0v) is 19.5. The van der Waals surface area contributed by atoms with Crippen molar-refractivity contribution in [2.75, 3.05) is 0 Å². The van der Waals surface area contributed by atoms with Gasteiger partial charge in [-0.25, -0.2) is 0 Å².